The summed E-state index contributed by atoms with van der Waals surface area (Å²) in [6.45, 7) is -1.96. The highest BCUT2D eigenvalue weighted by atomic mass is 79.9. The van der Waals surface area contributed by atoms with E-state index in [9.17, 15) is 21.6 Å². The Labute approximate surface area is 122 Å². The van der Waals surface area contributed by atoms with Crippen LogP contribution in [0, 0.1) is 0 Å². The molecule has 0 fully saturated rings. The fourth-order valence-corrected chi connectivity index (χ4v) is 2.43. The minimum Gasteiger partial charge on any atom is -0.490 e. The summed E-state index contributed by atoms with van der Waals surface area (Å²) in [7, 11) is -4.00. The zero-order valence-electron chi connectivity index (χ0n) is 9.98. The van der Waals surface area contributed by atoms with E-state index in [1.54, 1.807) is 0 Å². The molecule has 0 radical (unpaired) electrons. The summed E-state index contributed by atoms with van der Waals surface area (Å²) in [5.41, 5.74) is 0. The van der Waals surface area contributed by atoms with Crippen LogP contribution in [0.25, 0.3) is 0 Å². The number of nitrogens with two attached hydrogens (primary N) is 1. The largest absolute Gasteiger partial charge is 0.490 e. The van der Waals surface area contributed by atoms with Gasteiger partial charge in [-0.1, -0.05) is 15.9 Å². The van der Waals surface area contributed by atoms with E-state index in [1.165, 1.54) is 18.2 Å². The predicted octanol–water partition coefficient (Wildman–Crippen LogP) is 2.05. The third kappa shape index (κ3) is 6.07. The van der Waals surface area contributed by atoms with Crippen LogP contribution in [0.3, 0.4) is 0 Å². The highest BCUT2D eigenvalue weighted by molar-refractivity contribution is 9.10. The Kier molecular flexibility index (Phi) is 5.80. The molecule has 0 aliphatic rings. The summed E-state index contributed by atoms with van der Waals surface area (Å²) in [5, 5.41) is 5.01. The normalized spacial score (nSPS) is 12.4. The van der Waals surface area contributed by atoms with Crippen LogP contribution in [0.15, 0.2) is 27.6 Å². The van der Waals surface area contributed by atoms with Gasteiger partial charge in [-0.15, -0.1) is 0 Å². The Bertz CT molecular complexity index is 562. The Morgan fingerprint density at radius 2 is 1.90 bits per heavy atom. The lowest BCUT2D eigenvalue weighted by atomic mass is 10.3. The van der Waals surface area contributed by atoms with Crippen LogP contribution in [0.4, 0.5) is 13.2 Å². The van der Waals surface area contributed by atoms with Crippen LogP contribution < -0.4 is 9.88 Å². The molecule has 0 saturated heterocycles. The number of sulfonamides is 1. The monoisotopic (exact) mass is 377 g/mol. The van der Waals surface area contributed by atoms with E-state index in [0.717, 1.165) is 0 Å². The van der Waals surface area contributed by atoms with Crippen molar-refractivity contribution in [1.29, 1.82) is 0 Å². The van der Waals surface area contributed by atoms with Crippen LogP contribution in [0.2, 0.25) is 0 Å². The average Bonchev–Trinajstić information content (AvgIpc) is 2.27. The predicted molar refractivity (Wildman–Crippen MR) is 67.9 cm³/mol. The van der Waals surface area contributed by atoms with Crippen molar-refractivity contribution in [2.75, 3.05) is 19.8 Å². The van der Waals surface area contributed by atoms with Crippen molar-refractivity contribution in [3.8, 4) is 5.75 Å². The van der Waals surface area contributed by atoms with Crippen LogP contribution in [-0.2, 0) is 14.8 Å². The number of alkyl halides is 3. The summed E-state index contributed by atoms with van der Waals surface area (Å²) in [4.78, 5) is -0.261. The zero-order valence-corrected chi connectivity index (χ0v) is 12.4. The van der Waals surface area contributed by atoms with Gasteiger partial charge in [0.1, 0.15) is 23.9 Å². The summed E-state index contributed by atoms with van der Waals surface area (Å²) in [6.07, 6.45) is -4.41. The molecule has 0 saturated carbocycles. The van der Waals surface area contributed by atoms with E-state index in [4.69, 9.17) is 9.88 Å². The molecule has 1 rings (SSSR count). The molecule has 0 spiro atoms. The molecule has 10 heteroatoms. The van der Waals surface area contributed by atoms with Gasteiger partial charge in [0.2, 0.25) is 10.0 Å². The maximum atomic E-state index is 11.8. The van der Waals surface area contributed by atoms with Crippen LogP contribution >= 0.6 is 15.9 Å². The van der Waals surface area contributed by atoms with Crippen LogP contribution in [0.1, 0.15) is 0 Å². The molecule has 0 amide bonds. The Morgan fingerprint density at radius 3 is 2.45 bits per heavy atom. The van der Waals surface area contributed by atoms with Crippen molar-refractivity contribution in [2.45, 2.75) is 11.1 Å². The molecule has 0 bridgehead atoms. The van der Waals surface area contributed by atoms with Gasteiger partial charge < -0.3 is 9.47 Å². The van der Waals surface area contributed by atoms with Crippen molar-refractivity contribution in [3.63, 3.8) is 0 Å². The van der Waals surface area contributed by atoms with Crippen molar-refractivity contribution >= 4 is 26.0 Å². The third-order valence-corrected chi connectivity index (χ3v) is 3.39. The number of hydrogen-bond donors (Lipinski definition) is 1. The average molecular weight is 378 g/mol. The highest BCUT2D eigenvalue weighted by Gasteiger charge is 2.27. The van der Waals surface area contributed by atoms with Crippen molar-refractivity contribution in [2.24, 2.45) is 5.14 Å². The first-order chi connectivity index (χ1) is 9.09. The third-order valence-electron chi connectivity index (χ3n) is 1.96. The van der Waals surface area contributed by atoms with E-state index in [1.807, 2.05) is 0 Å². The van der Waals surface area contributed by atoms with Crippen LogP contribution in [-0.4, -0.2) is 34.4 Å². The molecular formula is C10H11BrF3NO4S. The van der Waals surface area contributed by atoms with Gasteiger partial charge in [-0.05, 0) is 18.2 Å². The maximum Gasteiger partial charge on any atom is 0.411 e. The number of hydrogen-bond acceptors (Lipinski definition) is 4. The van der Waals surface area contributed by atoms with Gasteiger partial charge in [0.05, 0.1) is 6.61 Å². The lowest BCUT2D eigenvalue weighted by molar-refractivity contribution is -0.175. The second-order valence-corrected chi connectivity index (χ2v) is 6.10. The van der Waals surface area contributed by atoms with Crippen molar-refractivity contribution < 1.29 is 31.1 Å². The van der Waals surface area contributed by atoms with Crippen molar-refractivity contribution in [1.82, 2.24) is 0 Å². The lowest BCUT2D eigenvalue weighted by Gasteiger charge is -2.11. The molecule has 0 unspecified atom stereocenters. The minimum atomic E-state index is -4.41. The van der Waals surface area contributed by atoms with Crippen LogP contribution in [0.5, 0.6) is 5.75 Å². The minimum absolute atomic E-state index is 0.0497. The van der Waals surface area contributed by atoms with Gasteiger partial charge in [0, 0.05) is 4.47 Å². The second-order valence-electron chi connectivity index (χ2n) is 3.65. The number of rotatable bonds is 6. The molecule has 20 heavy (non-hydrogen) atoms. The first-order valence-corrected chi connectivity index (χ1v) is 7.53. The van der Waals surface area contributed by atoms with E-state index in [0.29, 0.717) is 4.47 Å². The van der Waals surface area contributed by atoms with Gasteiger partial charge in [-0.25, -0.2) is 13.6 Å². The van der Waals surface area contributed by atoms with E-state index < -0.39 is 22.8 Å². The molecule has 2 N–H and O–H groups in total. The van der Waals surface area contributed by atoms with Gasteiger partial charge in [0.15, 0.2) is 0 Å². The van der Waals surface area contributed by atoms with Gasteiger partial charge in [-0.3, -0.25) is 0 Å². The van der Waals surface area contributed by atoms with Gasteiger partial charge >= 0.3 is 6.18 Å². The first-order valence-electron chi connectivity index (χ1n) is 5.19. The first kappa shape index (κ1) is 17.2. The van der Waals surface area contributed by atoms with Gasteiger partial charge in [0.25, 0.3) is 0 Å². The molecule has 114 valence electrons. The molecule has 0 heterocycles. The Balaban J connectivity index is 2.61. The quantitative estimate of drug-likeness (QED) is 0.769. The molecule has 0 aliphatic heterocycles. The topological polar surface area (TPSA) is 78.6 Å². The summed E-state index contributed by atoms with van der Waals surface area (Å²) < 4.78 is 67.9. The molecule has 1 aromatic carbocycles. The van der Waals surface area contributed by atoms with E-state index in [2.05, 4.69) is 20.7 Å². The SMILES string of the molecule is NS(=O)(=O)c1cc(Br)ccc1OCCOCC(F)(F)F. The standard InChI is InChI=1S/C10H11BrF3NO4S/c11-7-1-2-8(9(5-7)20(15,16)17)19-4-3-18-6-10(12,13)14/h1-2,5H,3-4,6H2,(H2,15,16,17). The van der Waals surface area contributed by atoms with Gasteiger partial charge in [-0.2, -0.15) is 13.2 Å². The molecule has 0 atom stereocenters. The summed E-state index contributed by atoms with van der Waals surface area (Å²) >= 11 is 3.08. The Morgan fingerprint density at radius 1 is 1.25 bits per heavy atom. The van der Waals surface area contributed by atoms with Crippen molar-refractivity contribution in [3.05, 3.63) is 22.7 Å². The number of benzene rings is 1. The zero-order chi connectivity index (χ0) is 15.4. The molecule has 0 aromatic heterocycles. The molecular weight excluding hydrogens is 367 g/mol. The maximum absolute atomic E-state index is 11.8. The molecule has 5 nitrogen and oxygen atoms in total. The fraction of sp³-hybridized carbons (Fsp3) is 0.400. The van der Waals surface area contributed by atoms with E-state index in [-0.39, 0.29) is 23.9 Å². The summed E-state index contributed by atoms with van der Waals surface area (Å²) in [6, 6.07) is 4.09. The smallest absolute Gasteiger partial charge is 0.411 e. The highest BCUT2D eigenvalue weighted by Crippen LogP contribution is 2.26. The lowest BCUT2D eigenvalue weighted by Crippen LogP contribution is -2.20. The summed E-state index contributed by atoms with van der Waals surface area (Å²) in [5.74, 6) is -0.0497. The molecule has 0 aliphatic carbocycles. The Hall–Kier alpha value is -0.840. The fourth-order valence-electron chi connectivity index (χ4n) is 1.22. The second kappa shape index (κ2) is 6.74. The number of halogens is 4. The number of primary sulfonamides is 1. The molecule has 1 aromatic rings. The number of ether oxygens (including phenoxy) is 2. The van der Waals surface area contributed by atoms with E-state index >= 15 is 0 Å².